The first-order valence-corrected chi connectivity index (χ1v) is 27.0. The zero-order valence-corrected chi connectivity index (χ0v) is 42.9. The second-order valence-corrected chi connectivity index (χ2v) is 20.8. The number of hydrogen-bond acceptors (Lipinski definition) is 3. The van der Waals surface area contributed by atoms with Crippen molar-refractivity contribution in [2.75, 3.05) is 0 Å². The largest absolute Gasteiger partial charge is 0.309 e. The van der Waals surface area contributed by atoms with Crippen molar-refractivity contribution in [1.82, 2.24) is 24.1 Å². The summed E-state index contributed by atoms with van der Waals surface area (Å²) in [5.74, 6) is 1.92. The van der Waals surface area contributed by atoms with Gasteiger partial charge in [-0.2, -0.15) is 0 Å². The highest BCUT2D eigenvalue weighted by atomic mass is 15.0. The van der Waals surface area contributed by atoms with E-state index in [4.69, 9.17) is 15.0 Å². The van der Waals surface area contributed by atoms with E-state index in [-0.39, 0.29) is 0 Å². The Morgan fingerprint density at radius 1 is 0.253 bits per heavy atom. The maximum atomic E-state index is 5.08. The van der Waals surface area contributed by atoms with E-state index >= 15 is 0 Å². The van der Waals surface area contributed by atoms with Gasteiger partial charge in [-0.3, -0.25) is 0 Å². The predicted octanol–water partition coefficient (Wildman–Crippen LogP) is 18.9. The maximum Gasteiger partial charge on any atom is 0.164 e. The molecule has 13 aromatic carbocycles. The van der Waals surface area contributed by atoms with Gasteiger partial charge in [-0.25, -0.2) is 15.0 Å². The van der Waals surface area contributed by atoms with Crippen molar-refractivity contribution in [2.45, 2.75) is 6.42 Å². The number of benzene rings is 13. The highest BCUT2D eigenvalue weighted by Gasteiger charge is 2.21. The number of aromatic nitrogens is 5. The first-order valence-electron chi connectivity index (χ1n) is 27.0. The first kappa shape index (κ1) is 44.8. The summed E-state index contributed by atoms with van der Waals surface area (Å²) in [4.78, 5) is 15.1. The highest BCUT2D eigenvalue weighted by Crippen LogP contribution is 2.42. The average Bonchev–Trinajstić information content (AvgIpc) is 4.30. The highest BCUT2D eigenvalue weighted by molar-refractivity contribution is 6.17. The fraction of sp³-hybridized carbons (Fsp3) is 0.0135. The Bertz CT molecular complexity index is 5110. The quantitative estimate of drug-likeness (QED) is 0.173. The molecule has 0 N–H and O–H groups in total. The van der Waals surface area contributed by atoms with Crippen molar-refractivity contribution >= 4 is 86.7 Å². The van der Waals surface area contributed by atoms with Gasteiger partial charge in [0.15, 0.2) is 17.5 Å². The lowest BCUT2D eigenvalue weighted by Gasteiger charge is -2.13. The minimum absolute atomic E-state index is 0.632. The van der Waals surface area contributed by atoms with Crippen molar-refractivity contribution in [3.05, 3.63) is 284 Å². The van der Waals surface area contributed by atoms with E-state index in [1.807, 2.05) is 30.3 Å². The molecule has 0 radical (unpaired) electrons. The zero-order chi connectivity index (χ0) is 52.0. The molecule has 0 fully saturated rings. The molecule has 0 bridgehead atoms. The Hall–Kier alpha value is -10.5. The van der Waals surface area contributed by atoms with Crippen LogP contribution in [0.2, 0.25) is 0 Å². The van der Waals surface area contributed by atoms with Crippen LogP contribution < -0.4 is 0 Å². The Labute approximate surface area is 455 Å². The van der Waals surface area contributed by atoms with Gasteiger partial charge in [0.05, 0.1) is 27.8 Å². The Balaban J connectivity index is 0.000000259. The van der Waals surface area contributed by atoms with Gasteiger partial charge in [0.25, 0.3) is 0 Å². The van der Waals surface area contributed by atoms with Crippen LogP contribution in [-0.2, 0) is 6.42 Å². The average molecular weight is 1010 g/mol. The van der Waals surface area contributed by atoms with Crippen molar-refractivity contribution in [2.24, 2.45) is 0 Å². The fourth-order valence-corrected chi connectivity index (χ4v) is 12.4. The van der Waals surface area contributed by atoms with Crippen LogP contribution in [0.1, 0.15) is 11.1 Å². The number of hydrogen-bond donors (Lipinski definition) is 0. The molecule has 5 nitrogen and oxygen atoms in total. The predicted molar refractivity (Wildman–Crippen MR) is 330 cm³/mol. The minimum atomic E-state index is 0.632. The molecule has 79 heavy (non-hydrogen) atoms. The third-order valence-electron chi connectivity index (χ3n) is 16.1. The Kier molecular flexibility index (Phi) is 10.2. The summed E-state index contributed by atoms with van der Waals surface area (Å²) < 4.78 is 4.84. The molecule has 16 aromatic rings. The van der Waals surface area contributed by atoms with E-state index in [9.17, 15) is 0 Å². The summed E-state index contributed by atoms with van der Waals surface area (Å²) in [7, 11) is 0. The molecule has 1 aliphatic rings. The van der Waals surface area contributed by atoms with Crippen molar-refractivity contribution < 1.29 is 0 Å². The van der Waals surface area contributed by atoms with Gasteiger partial charge in [-0.1, -0.05) is 194 Å². The van der Waals surface area contributed by atoms with E-state index in [0.29, 0.717) is 17.5 Å². The van der Waals surface area contributed by atoms with Crippen LogP contribution in [0.4, 0.5) is 0 Å². The van der Waals surface area contributed by atoms with E-state index in [2.05, 4.69) is 252 Å². The number of fused-ring (bicyclic) bond motifs is 13. The number of para-hydroxylation sites is 2. The molecule has 3 heterocycles. The van der Waals surface area contributed by atoms with E-state index in [0.717, 1.165) is 45.2 Å². The van der Waals surface area contributed by atoms with Crippen molar-refractivity contribution in [3.63, 3.8) is 0 Å². The van der Waals surface area contributed by atoms with Crippen LogP contribution in [0.3, 0.4) is 0 Å². The Morgan fingerprint density at radius 3 is 1.49 bits per heavy atom. The Morgan fingerprint density at radius 2 is 0.759 bits per heavy atom. The fourth-order valence-electron chi connectivity index (χ4n) is 12.4. The van der Waals surface area contributed by atoms with Gasteiger partial charge in [-0.05, 0) is 145 Å². The third-order valence-corrected chi connectivity index (χ3v) is 16.1. The van der Waals surface area contributed by atoms with Gasteiger partial charge in [0.2, 0.25) is 0 Å². The number of rotatable bonds is 5. The van der Waals surface area contributed by atoms with Crippen LogP contribution in [0, 0.1) is 0 Å². The molecule has 0 unspecified atom stereocenters. The normalized spacial score (nSPS) is 12.0. The van der Waals surface area contributed by atoms with E-state index in [1.165, 1.54) is 98.2 Å². The van der Waals surface area contributed by atoms with Crippen LogP contribution >= 0.6 is 0 Å². The molecule has 0 atom stereocenters. The molecule has 3 aromatic heterocycles. The molecule has 368 valence electrons. The second-order valence-electron chi connectivity index (χ2n) is 20.8. The molecule has 0 amide bonds. The lowest BCUT2D eigenvalue weighted by Crippen LogP contribution is -2.00. The minimum Gasteiger partial charge on any atom is -0.309 e. The van der Waals surface area contributed by atoms with Gasteiger partial charge < -0.3 is 9.13 Å². The number of nitrogens with zero attached hydrogens (tertiary/aromatic N) is 5. The molecule has 5 heteroatoms. The summed E-state index contributed by atoms with van der Waals surface area (Å²) in [6.07, 6.45) is 1.08. The zero-order valence-electron chi connectivity index (χ0n) is 42.9. The molecule has 0 aliphatic heterocycles. The maximum absolute atomic E-state index is 5.08. The topological polar surface area (TPSA) is 48.5 Å². The third kappa shape index (κ3) is 7.50. The summed E-state index contributed by atoms with van der Waals surface area (Å²) in [6.45, 7) is 0. The first-order chi connectivity index (χ1) is 39.1. The van der Waals surface area contributed by atoms with Gasteiger partial charge >= 0.3 is 0 Å². The van der Waals surface area contributed by atoms with Gasteiger partial charge in [0, 0.05) is 49.3 Å². The van der Waals surface area contributed by atoms with Gasteiger partial charge in [-0.15, -0.1) is 0 Å². The van der Waals surface area contributed by atoms with Crippen LogP contribution in [0.15, 0.2) is 273 Å². The van der Waals surface area contributed by atoms with Crippen LogP contribution in [0.5, 0.6) is 0 Å². The monoisotopic (exact) mass is 1010 g/mol. The molecule has 1 aliphatic carbocycles. The van der Waals surface area contributed by atoms with E-state index < -0.39 is 0 Å². The summed E-state index contributed by atoms with van der Waals surface area (Å²) >= 11 is 0. The van der Waals surface area contributed by atoms with Gasteiger partial charge in [0.1, 0.15) is 0 Å². The molecular formula is C74H47N5. The summed E-state index contributed by atoms with van der Waals surface area (Å²) in [5.41, 5.74) is 15.5. The summed E-state index contributed by atoms with van der Waals surface area (Å²) in [6, 6.07) is 97.9. The SMILES string of the molecule is c1ccc(-c2nc(-c3ccc(-n4c5ccccc5c5cc6c(-n7c8ccccc8c8cc9ccccc9cc87)cccc6cc54)cc3)nc(-c3ccc4ccccc4c3)n2)cc1.c1ccc2c(c1)Cc1cc3ccccc3cc1-2. The van der Waals surface area contributed by atoms with Crippen molar-refractivity contribution in [3.8, 4) is 56.7 Å². The smallest absolute Gasteiger partial charge is 0.164 e. The molecule has 0 saturated carbocycles. The second kappa shape index (κ2) is 18.1. The lowest BCUT2D eigenvalue weighted by molar-refractivity contribution is 1.07. The van der Waals surface area contributed by atoms with Crippen LogP contribution in [0.25, 0.3) is 143 Å². The van der Waals surface area contributed by atoms with Crippen LogP contribution in [-0.4, -0.2) is 24.1 Å². The van der Waals surface area contributed by atoms with Crippen molar-refractivity contribution in [1.29, 1.82) is 0 Å². The molecule has 17 rings (SSSR count). The molecule has 0 saturated heterocycles. The summed E-state index contributed by atoms with van der Waals surface area (Å²) in [5, 5.41) is 14.8. The molecular weight excluding hydrogens is 959 g/mol. The van der Waals surface area contributed by atoms with E-state index in [1.54, 1.807) is 0 Å². The lowest BCUT2D eigenvalue weighted by atomic mass is 10.0. The molecule has 0 spiro atoms. The standard InChI is InChI=1S/C57H35N5.C17H12/c1-2-14-37(15-3-1)55-58-56(60-57(59-55)43-26-25-36-13-4-5-16-39(36)31-43)38-27-29-44(30-28-38)61-50-22-10-8-21-46(50)49-35-47-42(34-53(49)61)19-12-24-52(47)62-51-23-11-9-20-45(51)48-32-40-17-6-7-18-41(40)33-54(48)62;1-2-6-13-11-17-15(9-12(13)5-1)10-14-7-3-4-8-16(14)17/h1-35H;1-9,11H,10H2.